The first-order valence-corrected chi connectivity index (χ1v) is 19.1. The first-order valence-electron chi connectivity index (χ1n) is 16.8. The number of amides is 4. The molecule has 0 spiro atoms. The number of unbranched alkanes of at least 4 members (excludes halogenated alkanes) is 1. The molecule has 0 aliphatic carbocycles. The zero-order chi connectivity index (χ0) is 37.1. The van der Waals surface area contributed by atoms with Gasteiger partial charge in [-0.15, -0.1) is 9.24 Å². The maximum Gasteiger partial charge on any atom is 0.243 e. The van der Waals surface area contributed by atoms with Crippen LogP contribution in [0, 0.1) is 19.3 Å². The Labute approximate surface area is 299 Å². The molecule has 4 amide bonds. The van der Waals surface area contributed by atoms with Gasteiger partial charge < -0.3 is 43.2 Å². The van der Waals surface area contributed by atoms with Crippen LogP contribution in [0.5, 0.6) is 5.75 Å². The van der Waals surface area contributed by atoms with Crippen molar-refractivity contribution in [2.24, 2.45) is 11.5 Å². The summed E-state index contributed by atoms with van der Waals surface area (Å²) >= 11 is 0. The molecule has 6 unspecified atom stereocenters. The van der Waals surface area contributed by atoms with Crippen LogP contribution in [0.3, 0.4) is 0 Å². The number of hydrogen-bond donors (Lipinski definition) is 10. The highest BCUT2D eigenvalue weighted by Gasteiger charge is 2.31. The number of phenolic OH excluding ortho intramolecular Hbond substituents is 1. The van der Waals surface area contributed by atoms with Crippen LogP contribution in [0.4, 0.5) is 0 Å². The lowest BCUT2D eigenvalue weighted by Gasteiger charge is -2.26. The average molecular weight is 732 g/mol. The Morgan fingerprint density at radius 1 is 0.840 bits per heavy atom. The van der Waals surface area contributed by atoms with Crippen LogP contribution in [0.2, 0.25) is 0 Å². The van der Waals surface area contributed by atoms with Crippen molar-refractivity contribution in [3.05, 3.63) is 64.7 Å². The minimum absolute atomic E-state index is 0.0786. The number of carbonyl (C=O) groups is 4. The molecule has 0 fully saturated rings. The summed E-state index contributed by atoms with van der Waals surface area (Å²) in [6.45, 7) is 6.81. The summed E-state index contributed by atoms with van der Waals surface area (Å²) in [5, 5.41) is 35.2. The highest BCUT2D eigenvalue weighted by Crippen LogP contribution is 2.22. The van der Waals surface area contributed by atoms with Gasteiger partial charge in [-0.3, -0.25) is 29.7 Å². The molecule has 0 heterocycles. The molecule has 0 saturated carbocycles. The summed E-state index contributed by atoms with van der Waals surface area (Å²) in [6.07, 6.45) is 3.23. The largest absolute Gasteiger partial charge is 0.508 e. The van der Waals surface area contributed by atoms with Gasteiger partial charge in [0.1, 0.15) is 23.9 Å². The zero-order valence-electron chi connectivity index (χ0n) is 29.2. The van der Waals surface area contributed by atoms with Crippen molar-refractivity contribution in [1.82, 2.24) is 31.7 Å². The predicted octanol–water partition coefficient (Wildman–Crippen LogP) is 0.771. The number of nitrogens with one attached hydrogen (secondary N) is 7. The summed E-state index contributed by atoms with van der Waals surface area (Å²) in [4.78, 5) is 53.4. The zero-order valence-corrected chi connectivity index (χ0v) is 31.4. The molecule has 2 aromatic carbocycles. The van der Waals surface area contributed by atoms with Crippen molar-refractivity contribution in [2.45, 2.75) is 83.0 Å². The second kappa shape index (κ2) is 22.8. The van der Waals surface area contributed by atoms with Gasteiger partial charge in [-0.25, -0.2) is 0 Å². The molecule has 50 heavy (non-hydrogen) atoms. The number of phenols is 1. The average Bonchev–Trinajstić information content (AvgIpc) is 3.06. The number of carbonyl (C=O) groups excluding carboxylic acids is 4. The van der Waals surface area contributed by atoms with Crippen LogP contribution in [0.15, 0.2) is 42.5 Å². The normalized spacial score (nSPS) is 13.5. The molecule has 6 atom stereocenters. The predicted molar refractivity (Wildman–Crippen MR) is 203 cm³/mol. The summed E-state index contributed by atoms with van der Waals surface area (Å²) in [5.74, 6) is -2.15. The van der Waals surface area contributed by atoms with E-state index in [1.54, 1.807) is 26.0 Å². The Bertz CT molecular complexity index is 1390. The molecule has 0 saturated heterocycles. The standard InChI is InChI=1S/C34H55N9O5P2/c1-21-16-24(44)17-22(2)25(21)19-29(43-31(46)26(35)12-9-14-38-34(37)39-20-49)33(48)41-27(13-7-8-15-40-50-3)32(47)42-28(30(36)45)18-23-10-5-4-6-11-23/h4-6,10-11,16-17,26-29,40,44,50H,7-9,12-15,18-20,35,49H2,1-3H3,(H2,36,45)(H,41,48)(H,42,47)(H,43,46)(H3,37,38,39). The minimum Gasteiger partial charge on any atom is -0.508 e. The van der Waals surface area contributed by atoms with Gasteiger partial charge in [0.25, 0.3) is 0 Å². The third-order valence-electron chi connectivity index (χ3n) is 8.13. The lowest BCUT2D eigenvalue weighted by atomic mass is 9.95. The van der Waals surface area contributed by atoms with Crippen molar-refractivity contribution in [1.29, 1.82) is 5.41 Å². The van der Waals surface area contributed by atoms with Crippen molar-refractivity contribution in [2.75, 3.05) is 26.0 Å². The molecule has 2 rings (SSSR count). The second-order valence-corrected chi connectivity index (χ2v) is 13.4. The number of nitrogens with two attached hydrogens (primary N) is 2. The quantitative estimate of drug-likeness (QED) is 0.0356. The van der Waals surface area contributed by atoms with Crippen molar-refractivity contribution in [3.63, 3.8) is 0 Å². The van der Waals surface area contributed by atoms with Crippen LogP contribution in [0.1, 0.15) is 54.4 Å². The molecule has 2 aromatic rings. The molecule has 0 radical (unpaired) electrons. The maximum absolute atomic E-state index is 14.0. The topological polar surface area (TPSA) is 237 Å². The summed E-state index contributed by atoms with van der Waals surface area (Å²) in [5.41, 5.74) is 14.9. The SMILES string of the molecule is CPNCCCCC(NC(=O)C(Cc1c(C)cc(O)cc1C)NC(=O)C(N)CCCNC(=N)NCP)C(=O)NC(Cc1ccccc1)C(N)=O. The maximum atomic E-state index is 14.0. The molecule has 14 nitrogen and oxygen atoms in total. The Hall–Kier alpha value is -3.83. The van der Waals surface area contributed by atoms with Gasteiger partial charge >= 0.3 is 0 Å². The van der Waals surface area contributed by atoms with Gasteiger partial charge in [0, 0.05) is 25.7 Å². The highest BCUT2D eigenvalue weighted by atomic mass is 31.1. The first-order chi connectivity index (χ1) is 23.9. The van der Waals surface area contributed by atoms with Gasteiger partial charge in [-0.1, -0.05) is 39.1 Å². The van der Waals surface area contributed by atoms with E-state index >= 15 is 0 Å². The van der Waals surface area contributed by atoms with Crippen molar-refractivity contribution in [3.8, 4) is 5.75 Å². The van der Waals surface area contributed by atoms with E-state index in [-0.39, 0.29) is 31.0 Å². The van der Waals surface area contributed by atoms with Gasteiger partial charge in [-0.2, -0.15) is 0 Å². The van der Waals surface area contributed by atoms with Gasteiger partial charge in [0.15, 0.2) is 5.96 Å². The van der Waals surface area contributed by atoms with Crippen LogP contribution < -0.4 is 43.1 Å². The Kier molecular flexibility index (Phi) is 19.3. The fourth-order valence-corrected chi connectivity index (χ4v) is 6.02. The van der Waals surface area contributed by atoms with E-state index in [9.17, 15) is 24.3 Å². The van der Waals surface area contributed by atoms with Gasteiger partial charge in [-0.05, 0) is 93.5 Å². The van der Waals surface area contributed by atoms with Crippen LogP contribution in [0.25, 0.3) is 0 Å². The van der Waals surface area contributed by atoms with Crippen LogP contribution >= 0.6 is 18.0 Å². The second-order valence-electron chi connectivity index (χ2n) is 12.1. The van der Waals surface area contributed by atoms with E-state index in [0.717, 1.165) is 35.2 Å². The molecule has 16 heteroatoms. The number of aryl methyl sites for hydroxylation is 2. The van der Waals surface area contributed by atoms with E-state index in [0.29, 0.717) is 40.8 Å². The molecule has 276 valence electrons. The van der Waals surface area contributed by atoms with E-state index in [4.69, 9.17) is 16.9 Å². The lowest BCUT2D eigenvalue weighted by Crippen LogP contribution is -2.58. The highest BCUT2D eigenvalue weighted by molar-refractivity contribution is 7.34. The van der Waals surface area contributed by atoms with Gasteiger partial charge in [0.2, 0.25) is 23.6 Å². The molecule has 12 N–H and O–H groups in total. The third-order valence-corrected chi connectivity index (χ3v) is 8.94. The Balaban J connectivity index is 2.28. The van der Waals surface area contributed by atoms with E-state index in [2.05, 4.69) is 40.9 Å². The first kappa shape index (κ1) is 42.3. The van der Waals surface area contributed by atoms with Crippen LogP contribution in [-0.4, -0.2) is 84.9 Å². The number of rotatable bonds is 22. The van der Waals surface area contributed by atoms with E-state index in [1.165, 1.54) is 0 Å². The number of guanidine groups is 1. The summed E-state index contributed by atoms with van der Waals surface area (Å²) in [7, 11) is 3.04. The number of aromatic hydroxyl groups is 1. The van der Waals surface area contributed by atoms with Gasteiger partial charge in [0.05, 0.1) is 6.04 Å². The van der Waals surface area contributed by atoms with E-state index < -0.39 is 47.8 Å². The fraction of sp³-hybridized carbons (Fsp3) is 0.500. The molecular weight excluding hydrogens is 676 g/mol. The summed E-state index contributed by atoms with van der Waals surface area (Å²) in [6, 6.07) is 8.27. The fourth-order valence-electron chi connectivity index (χ4n) is 5.39. The number of benzene rings is 2. The molecular formula is C34H55N9O5P2. The summed E-state index contributed by atoms with van der Waals surface area (Å²) < 4.78 is 0. The Morgan fingerprint density at radius 3 is 2.08 bits per heavy atom. The molecule has 0 aliphatic heterocycles. The molecule has 0 aliphatic rings. The van der Waals surface area contributed by atoms with Crippen molar-refractivity contribution < 1.29 is 24.3 Å². The Morgan fingerprint density at radius 2 is 1.46 bits per heavy atom. The number of hydrogen-bond acceptors (Lipinski definition) is 8. The molecule has 0 bridgehead atoms. The number of primary amides is 1. The molecule has 0 aromatic heterocycles. The lowest BCUT2D eigenvalue weighted by molar-refractivity contribution is -0.133. The van der Waals surface area contributed by atoms with E-state index in [1.807, 2.05) is 37.0 Å². The minimum atomic E-state index is -1.11. The third kappa shape index (κ3) is 15.4. The van der Waals surface area contributed by atoms with Crippen LogP contribution in [-0.2, 0) is 32.0 Å². The smallest absolute Gasteiger partial charge is 0.243 e. The monoisotopic (exact) mass is 731 g/mol. The van der Waals surface area contributed by atoms with Crippen molar-refractivity contribution >= 4 is 47.6 Å².